The summed E-state index contributed by atoms with van der Waals surface area (Å²) in [5.74, 6) is 0.196. The van der Waals surface area contributed by atoms with E-state index in [2.05, 4.69) is 15.0 Å². The number of amides is 1. The van der Waals surface area contributed by atoms with E-state index in [1.807, 2.05) is 0 Å². The van der Waals surface area contributed by atoms with Crippen LogP contribution in [-0.2, 0) is 0 Å². The van der Waals surface area contributed by atoms with Crippen molar-refractivity contribution in [2.75, 3.05) is 6.54 Å². The van der Waals surface area contributed by atoms with Gasteiger partial charge in [0, 0.05) is 24.5 Å². The van der Waals surface area contributed by atoms with Crippen molar-refractivity contribution in [2.45, 2.75) is 18.9 Å². The van der Waals surface area contributed by atoms with Gasteiger partial charge in [-0.3, -0.25) is 14.3 Å². The van der Waals surface area contributed by atoms with Gasteiger partial charge in [0.05, 0.1) is 24.1 Å². The van der Waals surface area contributed by atoms with E-state index in [1.54, 1.807) is 40.6 Å². The molecule has 0 saturated carbocycles. The van der Waals surface area contributed by atoms with E-state index < -0.39 is 0 Å². The van der Waals surface area contributed by atoms with Crippen molar-refractivity contribution in [3.8, 4) is 5.82 Å². The standard InChI is InChI=1S/C18H16FN5O/c19-14-5-3-13(4-6-14)18(25)24-8-1-2-16(24)15-10-21-11-17(22-15)23-9-7-20-12-23/h3-7,9-12,16H,1-2,8H2/t16-/m0/s1. The molecule has 2 aromatic heterocycles. The molecule has 1 atom stereocenters. The lowest BCUT2D eigenvalue weighted by molar-refractivity contribution is 0.0732. The van der Waals surface area contributed by atoms with Gasteiger partial charge in [-0.05, 0) is 37.1 Å². The van der Waals surface area contributed by atoms with E-state index in [0.717, 1.165) is 18.5 Å². The smallest absolute Gasteiger partial charge is 0.254 e. The molecule has 1 fully saturated rings. The third-order valence-electron chi connectivity index (χ3n) is 4.36. The Morgan fingerprint density at radius 3 is 2.76 bits per heavy atom. The molecule has 1 aliphatic rings. The third kappa shape index (κ3) is 3.00. The number of carbonyl (C=O) groups excluding carboxylic acids is 1. The summed E-state index contributed by atoms with van der Waals surface area (Å²) in [6.07, 6.45) is 10.2. The van der Waals surface area contributed by atoms with Gasteiger partial charge in [0.2, 0.25) is 0 Å². The zero-order valence-electron chi connectivity index (χ0n) is 13.4. The minimum atomic E-state index is -0.353. The first-order chi connectivity index (χ1) is 12.2. The lowest BCUT2D eigenvalue weighted by Gasteiger charge is -2.24. The number of imidazole rings is 1. The number of hydrogen-bond acceptors (Lipinski definition) is 4. The number of aromatic nitrogens is 4. The second-order valence-electron chi connectivity index (χ2n) is 5.94. The molecule has 1 aromatic carbocycles. The van der Waals surface area contributed by atoms with Crippen LogP contribution in [0.5, 0.6) is 0 Å². The molecule has 0 spiro atoms. The Balaban J connectivity index is 1.62. The Bertz CT molecular complexity index is 879. The summed E-state index contributed by atoms with van der Waals surface area (Å²) in [5, 5.41) is 0. The highest BCUT2D eigenvalue weighted by molar-refractivity contribution is 5.94. The number of likely N-dealkylation sites (tertiary alicyclic amines) is 1. The van der Waals surface area contributed by atoms with Crippen molar-refractivity contribution in [3.63, 3.8) is 0 Å². The highest BCUT2D eigenvalue weighted by Gasteiger charge is 2.32. The van der Waals surface area contributed by atoms with Gasteiger partial charge in [-0.1, -0.05) is 0 Å². The van der Waals surface area contributed by atoms with Crippen molar-refractivity contribution >= 4 is 5.91 Å². The normalized spacial score (nSPS) is 17.0. The Kier molecular flexibility index (Phi) is 3.97. The van der Waals surface area contributed by atoms with E-state index >= 15 is 0 Å². The zero-order valence-corrected chi connectivity index (χ0v) is 13.4. The Labute approximate surface area is 144 Å². The Morgan fingerprint density at radius 2 is 2.00 bits per heavy atom. The Morgan fingerprint density at radius 1 is 1.16 bits per heavy atom. The van der Waals surface area contributed by atoms with Crippen LogP contribution in [0.4, 0.5) is 4.39 Å². The molecule has 6 nitrogen and oxygen atoms in total. The van der Waals surface area contributed by atoms with E-state index in [1.165, 1.54) is 24.3 Å². The van der Waals surface area contributed by atoms with Crippen molar-refractivity contribution in [1.82, 2.24) is 24.4 Å². The molecule has 1 amide bonds. The fraction of sp³-hybridized carbons (Fsp3) is 0.222. The molecule has 0 aliphatic carbocycles. The predicted molar refractivity (Wildman–Crippen MR) is 88.6 cm³/mol. The van der Waals surface area contributed by atoms with Crippen molar-refractivity contribution < 1.29 is 9.18 Å². The van der Waals surface area contributed by atoms with Gasteiger partial charge >= 0.3 is 0 Å². The van der Waals surface area contributed by atoms with Crippen LogP contribution in [-0.4, -0.2) is 36.9 Å². The summed E-state index contributed by atoms with van der Waals surface area (Å²) in [4.78, 5) is 27.5. The van der Waals surface area contributed by atoms with Crippen LogP contribution >= 0.6 is 0 Å². The van der Waals surface area contributed by atoms with Crippen molar-refractivity contribution in [3.05, 3.63) is 72.5 Å². The summed E-state index contributed by atoms with van der Waals surface area (Å²) in [7, 11) is 0. The predicted octanol–water partition coefficient (Wildman–Crippen LogP) is 2.78. The molecule has 0 bridgehead atoms. The first-order valence-electron chi connectivity index (χ1n) is 8.09. The molecule has 25 heavy (non-hydrogen) atoms. The number of rotatable bonds is 3. The van der Waals surface area contributed by atoms with Gasteiger partial charge in [-0.2, -0.15) is 0 Å². The minimum Gasteiger partial charge on any atom is -0.330 e. The summed E-state index contributed by atoms with van der Waals surface area (Å²) in [6, 6.07) is 5.50. The Hall–Kier alpha value is -3.09. The van der Waals surface area contributed by atoms with Gasteiger partial charge < -0.3 is 4.90 Å². The van der Waals surface area contributed by atoms with Crippen LogP contribution in [0, 0.1) is 5.82 Å². The van der Waals surface area contributed by atoms with E-state index in [0.29, 0.717) is 17.9 Å². The minimum absolute atomic E-state index is 0.114. The van der Waals surface area contributed by atoms with Crippen LogP contribution in [0.15, 0.2) is 55.4 Å². The fourth-order valence-electron chi connectivity index (χ4n) is 3.13. The van der Waals surface area contributed by atoms with Crippen LogP contribution in [0.1, 0.15) is 34.9 Å². The van der Waals surface area contributed by atoms with Crippen molar-refractivity contribution in [2.24, 2.45) is 0 Å². The maximum absolute atomic E-state index is 13.1. The lowest BCUT2D eigenvalue weighted by Crippen LogP contribution is -2.31. The molecule has 0 unspecified atom stereocenters. The highest BCUT2D eigenvalue weighted by Crippen LogP contribution is 2.32. The lowest BCUT2D eigenvalue weighted by atomic mass is 10.1. The van der Waals surface area contributed by atoms with Crippen molar-refractivity contribution in [1.29, 1.82) is 0 Å². The second kappa shape index (κ2) is 6.43. The summed E-state index contributed by atoms with van der Waals surface area (Å²) in [6.45, 7) is 0.651. The van der Waals surface area contributed by atoms with Crippen LogP contribution in [0.3, 0.4) is 0 Å². The summed E-state index contributed by atoms with van der Waals surface area (Å²) < 4.78 is 14.9. The molecule has 0 radical (unpaired) electrons. The molecular formula is C18H16FN5O. The number of carbonyl (C=O) groups is 1. The van der Waals surface area contributed by atoms with E-state index in [9.17, 15) is 9.18 Å². The molecule has 0 N–H and O–H groups in total. The SMILES string of the molecule is O=C(c1ccc(F)cc1)N1CCC[C@H]1c1cncc(-n2ccnc2)n1. The molecule has 7 heteroatoms. The largest absolute Gasteiger partial charge is 0.330 e. The average Bonchev–Trinajstić information content (AvgIpc) is 3.34. The first-order valence-corrected chi connectivity index (χ1v) is 8.09. The maximum Gasteiger partial charge on any atom is 0.254 e. The maximum atomic E-state index is 13.1. The summed E-state index contributed by atoms with van der Waals surface area (Å²) in [5.41, 5.74) is 1.23. The first kappa shape index (κ1) is 15.4. The van der Waals surface area contributed by atoms with E-state index in [-0.39, 0.29) is 17.8 Å². The molecule has 1 saturated heterocycles. The van der Waals surface area contributed by atoms with Gasteiger partial charge in [0.1, 0.15) is 12.1 Å². The van der Waals surface area contributed by atoms with Gasteiger partial charge in [-0.15, -0.1) is 0 Å². The summed E-state index contributed by atoms with van der Waals surface area (Å²) >= 11 is 0. The molecule has 1 aliphatic heterocycles. The number of hydrogen-bond donors (Lipinski definition) is 0. The second-order valence-corrected chi connectivity index (χ2v) is 5.94. The average molecular weight is 337 g/mol. The van der Waals surface area contributed by atoms with E-state index in [4.69, 9.17) is 0 Å². The molecule has 126 valence electrons. The highest BCUT2D eigenvalue weighted by atomic mass is 19.1. The molecule has 3 heterocycles. The fourth-order valence-corrected chi connectivity index (χ4v) is 3.13. The topological polar surface area (TPSA) is 63.9 Å². The number of halogens is 1. The van der Waals surface area contributed by atoms with Gasteiger partial charge in [0.15, 0.2) is 5.82 Å². The molecule has 4 rings (SSSR count). The zero-order chi connectivity index (χ0) is 17.2. The number of nitrogens with zero attached hydrogens (tertiary/aromatic N) is 5. The van der Waals surface area contributed by atoms with Crippen LogP contribution in [0.25, 0.3) is 5.82 Å². The van der Waals surface area contributed by atoms with Gasteiger partial charge in [0.25, 0.3) is 5.91 Å². The number of benzene rings is 1. The monoisotopic (exact) mass is 337 g/mol. The molecular weight excluding hydrogens is 321 g/mol. The third-order valence-corrected chi connectivity index (χ3v) is 4.36. The van der Waals surface area contributed by atoms with Crippen LogP contribution < -0.4 is 0 Å². The molecule has 3 aromatic rings. The quantitative estimate of drug-likeness (QED) is 0.737. The van der Waals surface area contributed by atoms with Gasteiger partial charge in [-0.25, -0.2) is 14.4 Å². The van der Waals surface area contributed by atoms with Crippen LogP contribution in [0.2, 0.25) is 0 Å².